The van der Waals surface area contributed by atoms with Crippen LogP contribution in [-0.4, -0.2) is 11.6 Å². The predicted octanol–water partition coefficient (Wildman–Crippen LogP) is 4.11. The fourth-order valence-electron chi connectivity index (χ4n) is 5.06. The van der Waals surface area contributed by atoms with Crippen molar-refractivity contribution in [2.24, 2.45) is 28.6 Å². The van der Waals surface area contributed by atoms with Crippen LogP contribution in [0, 0.1) is 28.6 Å². The molecule has 5 unspecified atom stereocenters. The minimum Gasteiger partial charge on any atom is -0.299 e. The molecular formula is C19H26O2. The Balaban J connectivity index is 2.03. The molecule has 5 atom stereocenters. The molecule has 0 amide bonds. The molecule has 0 saturated heterocycles. The van der Waals surface area contributed by atoms with Crippen LogP contribution in [0.4, 0.5) is 0 Å². The highest BCUT2D eigenvalue weighted by molar-refractivity contribution is 6.01. The lowest BCUT2D eigenvalue weighted by Crippen LogP contribution is -2.53. The lowest BCUT2D eigenvalue weighted by Gasteiger charge is -2.55. The highest BCUT2D eigenvalue weighted by atomic mass is 16.1. The second-order valence-corrected chi connectivity index (χ2v) is 7.81. The molecule has 0 spiro atoms. The molecule has 0 aromatic carbocycles. The van der Waals surface area contributed by atoms with Gasteiger partial charge < -0.3 is 0 Å². The molecule has 3 aliphatic carbocycles. The Kier molecular flexibility index (Phi) is 3.27. The number of allylic oxidation sites excluding steroid dienone is 4. The first kappa shape index (κ1) is 14.7. The van der Waals surface area contributed by atoms with Crippen molar-refractivity contribution in [3.63, 3.8) is 0 Å². The largest absolute Gasteiger partial charge is 0.299 e. The van der Waals surface area contributed by atoms with Crippen LogP contribution in [0.5, 0.6) is 0 Å². The molecule has 2 heteroatoms. The number of fused-ring (bicyclic) bond motifs is 3. The number of ketones is 2. The van der Waals surface area contributed by atoms with Crippen LogP contribution in [0.1, 0.15) is 53.4 Å². The Morgan fingerprint density at radius 1 is 1.29 bits per heavy atom. The van der Waals surface area contributed by atoms with Gasteiger partial charge in [-0.05, 0) is 42.2 Å². The molecule has 0 radical (unpaired) electrons. The van der Waals surface area contributed by atoms with Crippen molar-refractivity contribution in [1.82, 2.24) is 0 Å². The van der Waals surface area contributed by atoms with E-state index in [-0.39, 0.29) is 22.5 Å². The van der Waals surface area contributed by atoms with Crippen LogP contribution in [0.2, 0.25) is 0 Å². The topological polar surface area (TPSA) is 34.1 Å². The van der Waals surface area contributed by atoms with Crippen LogP contribution in [-0.2, 0) is 9.59 Å². The van der Waals surface area contributed by atoms with Crippen LogP contribution in [0.25, 0.3) is 0 Å². The monoisotopic (exact) mass is 286 g/mol. The highest BCUT2D eigenvalue weighted by Crippen LogP contribution is 2.59. The standard InChI is InChI=1S/C19H26O2/c1-5-18(3)11-16(21)17-15(12(18)2)7-6-13-10-14(20)8-9-19(13,17)4/h8-10,12,15,17H,5-7,11H2,1-4H3. The quantitative estimate of drug-likeness (QED) is 0.727. The third-order valence-corrected chi connectivity index (χ3v) is 6.90. The van der Waals surface area contributed by atoms with E-state index in [9.17, 15) is 9.59 Å². The van der Waals surface area contributed by atoms with E-state index >= 15 is 0 Å². The molecule has 3 rings (SSSR count). The van der Waals surface area contributed by atoms with Crippen molar-refractivity contribution in [3.8, 4) is 0 Å². The summed E-state index contributed by atoms with van der Waals surface area (Å²) in [7, 11) is 0. The molecule has 21 heavy (non-hydrogen) atoms. The van der Waals surface area contributed by atoms with Crippen molar-refractivity contribution in [1.29, 1.82) is 0 Å². The van der Waals surface area contributed by atoms with Crippen molar-refractivity contribution >= 4 is 11.6 Å². The highest BCUT2D eigenvalue weighted by Gasteiger charge is 2.56. The van der Waals surface area contributed by atoms with Crippen molar-refractivity contribution in [2.75, 3.05) is 0 Å². The zero-order valence-corrected chi connectivity index (χ0v) is 13.6. The smallest absolute Gasteiger partial charge is 0.178 e. The lowest BCUT2D eigenvalue weighted by molar-refractivity contribution is -0.142. The summed E-state index contributed by atoms with van der Waals surface area (Å²) in [5.74, 6) is 1.58. The molecule has 2 fully saturated rings. The first-order valence-corrected chi connectivity index (χ1v) is 8.29. The summed E-state index contributed by atoms with van der Waals surface area (Å²) in [6.45, 7) is 8.99. The number of hydrogen-bond acceptors (Lipinski definition) is 2. The van der Waals surface area contributed by atoms with E-state index in [2.05, 4.69) is 27.7 Å². The minimum atomic E-state index is -0.225. The zero-order chi connectivity index (χ0) is 15.4. The first-order valence-electron chi connectivity index (χ1n) is 8.29. The minimum absolute atomic E-state index is 0.0662. The maximum absolute atomic E-state index is 12.9. The van der Waals surface area contributed by atoms with E-state index in [0.717, 1.165) is 19.3 Å². The van der Waals surface area contributed by atoms with Gasteiger partial charge in [0.2, 0.25) is 0 Å². The van der Waals surface area contributed by atoms with Gasteiger partial charge in [-0.2, -0.15) is 0 Å². The summed E-state index contributed by atoms with van der Waals surface area (Å²) in [5.41, 5.74) is 1.10. The van der Waals surface area contributed by atoms with Gasteiger partial charge in [-0.1, -0.05) is 45.8 Å². The fraction of sp³-hybridized carbons (Fsp3) is 0.684. The molecule has 0 bridgehead atoms. The molecule has 2 saturated carbocycles. The fourth-order valence-corrected chi connectivity index (χ4v) is 5.06. The number of rotatable bonds is 1. The molecule has 3 aliphatic rings. The summed E-state index contributed by atoms with van der Waals surface area (Å²) in [5, 5.41) is 0. The molecular weight excluding hydrogens is 260 g/mol. The maximum atomic E-state index is 12.9. The molecule has 0 heterocycles. The molecule has 0 aromatic rings. The third kappa shape index (κ3) is 1.98. The predicted molar refractivity (Wildman–Crippen MR) is 83.7 cm³/mol. The van der Waals surface area contributed by atoms with Crippen molar-refractivity contribution < 1.29 is 9.59 Å². The Morgan fingerprint density at radius 2 is 2.00 bits per heavy atom. The van der Waals surface area contributed by atoms with Crippen LogP contribution < -0.4 is 0 Å². The number of Topliss-reactive ketones (excluding diaryl/α,β-unsaturated/α-hetero) is 1. The Hall–Kier alpha value is -1.18. The summed E-state index contributed by atoms with van der Waals surface area (Å²) in [6, 6.07) is 0. The second-order valence-electron chi connectivity index (χ2n) is 7.81. The van der Waals surface area contributed by atoms with Gasteiger partial charge in [-0.15, -0.1) is 0 Å². The van der Waals surface area contributed by atoms with Crippen LogP contribution in [0.15, 0.2) is 23.8 Å². The van der Waals surface area contributed by atoms with Gasteiger partial charge in [-0.3, -0.25) is 9.59 Å². The van der Waals surface area contributed by atoms with Gasteiger partial charge in [0.1, 0.15) is 5.78 Å². The molecule has 2 nitrogen and oxygen atoms in total. The van der Waals surface area contributed by atoms with Gasteiger partial charge in [0.15, 0.2) is 5.78 Å². The Morgan fingerprint density at radius 3 is 2.67 bits per heavy atom. The van der Waals surface area contributed by atoms with Crippen LogP contribution >= 0.6 is 0 Å². The average molecular weight is 286 g/mol. The van der Waals surface area contributed by atoms with Crippen LogP contribution in [0.3, 0.4) is 0 Å². The lowest BCUT2D eigenvalue weighted by atomic mass is 9.47. The van der Waals surface area contributed by atoms with E-state index < -0.39 is 0 Å². The first-order chi connectivity index (χ1) is 9.82. The van der Waals surface area contributed by atoms with Gasteiger partial charge in [0, 0.05) is 17.8 Å². The number of carbonyl (C=O) groups excluding carboxylic acids is 2. The Bertz CT molecular complexity index is 556. The van der Waals surface area contributed by atoms with Gasteiger partial charge in [-0.25, -0.2) is 0 Å². The third-order valence-electron chi connectivity index (χ3n) is 6.90. The average Bonchev–Trinajstić information content (AvgIpc) is 2.44. The molecule has 0 aliphatic heterocycles. The molecule has 0 N–H and O–H groups in total. The summed E-state index contributed by atoms with van der Waals surface area (Å²) < 4.78 is 0. The maximum Gasteiger partial charge on any atom is 0.178 e. The molecule has 114 valence electrons. The van der Waals surface area contributed by atoms with Crippen molar-refractivity contribution in [2.45, 2.75) is 53.4 Å². The van der Waals surface area contributed by atoms with Gasteiger partial charge in [0.25, 0.3) is 0 Å². The second kappa shape index (κ2) is 4.66. The van der Waals surface area contributed by atoms with E-state index in [4.69, 9.17) is 0 Å². The summed E-state index contributed by atoms with van der Waals surface area (Å²) in [6.07, 6.45) is 9.23. The van der Waals surface area contributed by atoms with E-state index in [1.54, 1.807) is 12.2 Å². The molecule has 0 aromatic heterocycles. The van der Waals surface area contributed by atoms with E-state index in [0.29, 0.717) is 24.0 Å². The summed E-state index contributed by atoms with van der Waals surface area (Å²) in [4.78, 5) is 24.6. The van der Waals surface area contributed by atoms with E-state index in [1.807, 2.05) is 6.08 Å². The SMILES string of the molecule is CCC1(C)CC(=O)C2C(CCC3=CC(=O)C=CC32C)C1C. The van der Waals surface area contributed by atoms with Gasteiger partial charge in [0.05, 0.1) is 0 Å². The van der Waals surface area contributed by atoms with Crippen molar-refractivity contribution in [3.05, 3.63) is 23.8 Å². The normalized spacial score (nSPS) is 45.9. The number of hydrogen-bond donors (Lipinski definition) is 0. The number of carbonyl (C=O) groups is 2. The zero-order valence-electron chi connectivity index (χ0n) is 13.6. The summed E-state index contributed by atoms with van der Waals surface area (Å²) >= 11 is 0. The van der Waals surface area contributed by atoms with Gasteiger partial charge >= 0.3 is 0 Å². The Labute approximate surface area is 127 Å². The van der Waals surface area contributed by atoms with E-state index in [1.165, 1.54) is 5.57 Å².